The second-order valence-corrected chi connectivity index (χ2v) is 4.56. The van der Waals surface area contributed by atoms with Gasteiger partial charge in [0.15, 0.2) is 5.82 Å². The monoisotopic (exact) mass is 266 g/mol. The number of anilines is 2. The maximum atomic E-state index is 5.88. The summed E-state index contributed by atoms with van der Waals surface area (Å²) in [5.74, 6) is 1.20. The van der Waals surface area contributed by atoms with Gasteiger partial charge < -0.3 is 20.5 Å². The van der Waals surface area contributed by atoms with E-state index in [0.29, 0.717) is 23.9 Å². The van der Waals surface area contributed by atoms with Crippen LogP contribution >= 0.6 is 0 Å². The van der Waals surface area contributed by atoms with Crippen molar-refractivity contribution in [3.05, 3.63) is 12.1 Å². The van der Waals surface area contributed by atoms with Crippen LogP contribution in [0.2, 0.25) is 0 Å². The fourth-order valence-electron chi connectivity index (χ4n) is 2.11. The maximum Gasteiger partial charge on any atom is 0.215 e. The summed E-state index contributed by atoms with van der Waals surface area (Å²) in [6.07, 6.45) is 0.168. The minimum Gasteiger partial charge on any atom is -0.481 e. The summed E-state index contributed by atoms with van der Waals surface area (Å²) >= 11 is 0. The summed E-state index contributed by atoms with van der Waals surface area (Å²) in [5.41, 5.74) is 6.50. The maximum absolute atomic E-state index is 5.88. The smallest absolute Gasteiger partial charge is 0.215 e. The van der Waals surface area contributed by atoms with Gasteiger partial charge in [-0.3, -0.25) is 4.90 Å². The summed E-state index contributed by atoms with van der Waals surface area (Å²) in [4.78, 5) is 6.66. The van der Waals surface area contributed by atoms with Crippen LogP contribution in [0, 0.1) is 0 Å². The fraction of sp³-hybridized carbons (Fsp3) is 0.615. The molecule has 1 aliphatic rings. The number of pyridine rings is 1. The molecule has 0 aromatic carbocycles. The van der Waals surface area contributed by atoms with Gasteiger partial charge in [-0.25, -0.2) is 0 Å². The number of nitrogens with one attached hydrogen (secondary N) is 1. The van der Waals surface area contributed by atoms with E-state index in [2.05, 4.69) is 22.1 Å². The Bertz CT molecular complexity index is 414. The zero-order valence-corrected chi connectivity index (χ0v) is 11.6. The molecule has 1 saturated heterocycles. The Morgan fingerprint density at radius 3 is 3.16 bits per heavy atom. The predicted octanol–water partition coefficient (Wildman–Crippen LogP) is 0.805. The highest BCUT2D eigenvalue weighted by Gasteiger charge is 2.19. The van der Waals surface area contributed by atoms with Crippen LogP contribution < -0.4 is 15.8 Å². The van der Waals surface area contributed by atoms with Crippen LogP contribution in [0.25, 0.3) is 0 Å². The molecular weight excluding hydrogens is 244 g/mol. The quantitative estimate of drug-likeness (QED) is 0.821. The number of likely N-dealkylation sites (N-methyl/N-ethyl adjacent to an activating group) is 1. The molecule has 1 aromatic rings. The highest BCUT2D eigenvalue weighted by atomic mass is 16.5. The number of morpholine rings is 1. The van der Waals surface area contributed by atoms with E-state index in [0.717, 1.165) is 26.2 Å². The van der Waals surface area contributed by atoms with Crippen molar-refractivity contribution in [2.24, 2.45) is 0 Å². The van der Waals surface area contributed by atoms with Gasteiger partial charge >= 0.3 is 0 Å². The van der Waals surface area contributed by atoms with E-state index in [1.54, 1.807) is 19.2 Å². The number of ether oxygens (including phenoxy) is 2. The Labute approximate surface area is 113 Å². The fourth-order valence-corrected chi connectivity index (χ4v) is 2.11. The largest absolute Gasteiger partial charge is 0.481 e. The van der Waals surface area contributed by atoms with Gasteiger partial charge in [0.05, 0.1) is 25.5 Å². The Morgan fingerprint density at radius 1 is 1.58 bits per heavy atom. The average Bonchev–Trinajstić information content (AvgIpc) is 2.46. The minimum absolute atomic E-state index is 0.168. The molecule has 0 radical (unpaired) electrons. The summed E-state index contributed by atoms with van der Waals surface area (Å²) in [6, 6.07) is 3.53. The molecule has 19 heavy (non-hydrogen) atoms. The van der Waals surface area contributed by atoms with Gasteiger partial charge in [-0.15, -0.1) is 0 Å². The molecule has 0 amide bonds. The first-order chi connectivity index (χ1) is 9.22. The van der Waals surface area contributed by atoms with Crippen LogP contribution in [0.4, 0.5) is 11.5 Å². The molecule has 0 bridgehead atoms. The number of hydrogen-bond donors (Lipinski definition) is 2. The van der Waals surface area contributed by atoms with Crippen LogP contribution in [-0.2, 0) is 4.74 Å². The lowest BCUT2D eigenvalue weighted by atomic mass is 10.2. The first-order valence-corrected chi connectivity index (χ1v) is 6.61. The number of nitrogens with zero attached hydrogens (tertiary/aromatic N) is 2. The number of nitrogens with two attached hydrogens (primary N) is 1. The number of rotatable bonds is 5. The third-order valence-electron chi connectivity index (χ3n) is 3.28. The molecule has 6 heteroatoms. The van der Waals surface area contributed by atoms with Crippen molar-refractivity contribution >= 4 is 11.5 Å². The average molecular weight is 266 g/mol. The third kappa shape index (κ3) is 3.71. The van der Waals surface area contributed by atoms with Crippen molar-refractivity contribution in [2.75, 3.05) is 50.9 Å². The molecule has 1 aromatic heterocycles. The van der Waals surface area contributed by atoms with Gasteiger partial charge in [-0.1, -0.05) is 6.92 Å². The zero-order chi connectivity index (χ0) is 13.7. The summed E-state index contributed by atoms with van der Waals surface area (Å²) in [6.45, 7) is 6.64. The molecule has 2 rings (SSSR count). The molecule has 1 aliphatic heterocycles. The Balaban J connectivity index is 1.91. The molecule has 106 valence electrons. The van der Waals surface area contributed by atoms with Crippen molar-refractivity contribution < 1.29 is 9.47 Å². The third-order valence-corrected chi connectivity index (χ3v) is 3.28. The summed E-state index contributed by atoms with van der Waals surface area (Å²) in [5, 5.41) is 3.23. The SMILES string of the molecule is CCN1CCOC(CNc2nc(OC)ccc2N)C1. The predicted molar refractivity (Wildman–Crippen MR) is 75.5 cm³/mol. The lowest BCUT2D eigenvalue weighted by molar-refractivity contribution is -0.0192. The number of hydrogen-bond acceptors (Lipinski definition) is 6. The molecule has 2 heterocycles. The molecule has 0 aliphatic carbocycles. The first-order valence-electron chi connectivity index (χ1n) is 6.61. The van der Waals surface area contributed by atoms with Crippen LogP contribution in [0.3, 0.4) is 0 Å². The van der Waals surface area contributed by atoms with Crippen molar-refractivity contribution in [1.29, 1.82) is 0 Å². The zero-order valence-electron chi connectivity index (χ0n) is 11.6. The van der Waals surface area contributed by atoms with Gasteiger partial charge in [-0.2, -0.15) is 4.98 Å². The second-order valence-electron chi connectivity index (χ2n) is 4.56. The molecule has 1 unspecified atom stereocenters. The van der Waals surface area contributed by atoms with Crippen LogP contribution in [0.15, 0.2) is 12.1 Å². The first kappa shape index (κ1) is 13.9. The molecule has 3 N–H and O–H groups in total. The van der Waals surface area contributed by atoms with Crippen LogP contribution in [0.5, 0.6) is 5.88 Å². The number of nitrogen functional groups attached to an aromatic ring is 1. The van der Waals surface area contributed by atoms with Crippen LogP contribution in [-0.4, -0.2) is 55.9 Å². The standard InChI is InChI=1S/C13H22N4O2/c1-3-17-6-7-19-10(9-17)8-15-13-11(14)4-5-12(16-13)18-2/h4-5,10H,3,6-9,14H2,1-2H3,(H,15,16). The van der Waals surface area contributed by atoms with Crippen molar-refractivity contribution in [3.63, 3.8) is 0 Å². The molecule has 0 saturated carbocycles. The van der Waals surface area contributed by atoms with Gasteiger partial charge in [0.25, 0.3) is 0 Å². The molecule has 1 fully saturated rings. The summed E-state index contributed by atoms with van der Waals surface area (Å²) < 4.78 is 10.8. The topological polar surface area (TPSA) is 72.6 Å². The van der Waals surface area contributed by atoms with Gasteiger partial charge in [0.1, 0.15) is 0 Å². The minimum atomic E-state index is 0.168. The van der Waals surface area contributed by atoms with E-state index in [1.165, 1.54) is 0 Å². The Hall–Kier alpha value is -1.53. The lowest BCUT2D eigenvalue weighted by Gasteiger charge is -2.32. The summed E-state index contributed by atoms with van der Waals surface area (Å²) in [7, 11) is 1.59. The molecule has 6 nitrogen and oxygen atoms in total. The molecule has 1 atom stereocenters. The highest BCUT2D eigenvalue weighted by Crippen LogP contribution is 2.19. The van der Waals surface area contributed by atoms with E-state index >= 15 is 0 Å². The van der Waals surface area contributed by atoms with Crippen molar-refractivity contribution in [3.8, 4) is 5.88 Å². The van der Waals surface area contributed by atoms with E-state index < -0.39 is 0 Å². The van der Waals surface area contributed by atoms with Crippen LogP contribution in [0.1, 0.15) is 6.92 Å². The normalized spacial score (nSPS) is 20.2. The molecular formula is C13H22N4O2. The Kier molecular flexibility index (Phi) is 4.81. The van der Waals surface area contributed by atoms with E-state index in [-0.39, 0.29) is 6.10 Å². The van der Waals surface area contributed by atoms with E-state index in [1.807, 2.05) is 0 Å². The van der Waals surface area contributed by atoms with Gasteiger partial charge in [0.2, 0.25) is 5.88 Å². The van der Waals surface area contributed by atoms with Crippen molar-refractivity contribution in [1.82, 2.24) is 9.88 Å². The molecule has 0 spiro atoms. The van der Waals surface area contributed by atoms with E-state index in [9.17, 15) is 0 Å². The number of aromatic nitrogens is 1. The van der Waals surface area contributed by atoms with Gasteiger partial charge in [-0.05, 0) is 12.6 Å². The Morgan fingerprint density at radius 2 is 2.42 bits per heavy atom. The lowest BCUT2D eigenvalue weighted by Crippen LogP contribution is -2.45. The van der Waals surface area contributed by atoms with Gasteiger partial charge in [0, 0.05) is 25.7 Å². The van der Waals surface area contributed by atoms with Crippen molar-refractivity contribution in [2.45, 2.75) is 13.0 Å². The second kappa shape index (κ2) is 6.58. The highest BCUT2D eigenvalue weighted by molar-refractivity contribution is 5.61. The number of methoxy groups -OCH3 is 1. The van der Waals surface area contributed by atoms with E-state index in [4.69, 9.17) is 15.2 Å².